The van der Waals surface area contributed by atoms with Gasteiger partial charge >= 0.3 is 0 Å². The normalized spacial score (nSPS) is 25.9. The van der Waals surface area contributed by atoms with E-state index in [2.05, 4.69) is 11.4 Å². The molecular formula is C12H13FN2. The van der Waals surface area contributed by atoms with Gasteiger partial charge in [0, 0.05) is 12.0 Å². The molecule has 1 aliphatic rings. The van der Waals surface area contributed by atoms with Gasteiger partial charge in [-0.05, 0) is 37.1 Å². The van der Waals surface area contributed by atoms with E-state index in [0.29, 0.717) is 0 Å². The standard InChI is InChI=1S/C12H13FN2/c13-11-3-1-10(2-4-11)12-7-9(8-14)5-6-15-12/h1-4,9,12,15H,5-7H2. The van der Waals surface area contributed by atoms with Crippen LogP contribution in [-0.2, 0) is 0 Å². The number of nitrogens with one attached hydrogen (secondary N) is 1. The Kier molecular flexibility index (Phi) is 2.98. The number of piperidine rings is 1. The summed E-state index contributed by atoms with van der Waals surface area (Å²) in [6, 6.07) is 9.00. The van der Waals surface area contributed by atoms with E-state index in [4.69, 9.17) is 5.26 Å². The zero-order valence-electron chi connectivity index (χ0n) is 8.41. The maximum absolute atomic E-state index is 12.7. The fraction of sp³-hybridized carbons (Fsp3) is 0.417. The van der Waals surface area contributed by atoms with Gasteiger partial charge in [-0.25, -0.2) is 4.39 Å². The highest BCUT2D eigenvalue weighted by Gasteiger charge is 2.22. The summed E-state index contributed by atoms with van der Waals surface area (Å²) in [5.41, 5.74) is 1.07. The SMILES string of the molecule is N#CC1CCNC(c2ccc(F)cc2)C1. The second kappa shape index (κ2) is 4.41. The van der Waals surface area contributed by atoms with Crippen molar-refractivity contribution in [3.8, 4) is 6.07 Å². The van der Waals surface area contributed by atoms with Crippen LogP contribution in [0.1, 0.15) is 24.4 Å². The molecule has 1 N–H and O–H groups in total. The maximum Gasteiger partial charge on any atom is 0.123 e. The van der Waals surface area contributed by atoms with Gasteiger partial charge in [0.2, 0.25) is 0 Å². The van der Waals surface area contributed by atoms with Crippen molar-refractivity contribution < 1.29 is 4.39 Å². The van der Waals surface area contributed by atoms with Crippen LogP contribution in [-0.4, -0.2) is 6.54 Å². The van der Waals surface area contributed by atoms with Gasteiger partial charge in [0.05, 0.1) is 6.07 Å². The number of halogens is 1. The van der Waals surface area contributed by atoms with Crippen molar-refractivity contribution in [2.24, 2.45) is 5.92 Å². The highest BCUT2D eigenvalue weighted by atomic mass is 19.1. The number of rotatable bonds is 1. The lowest BCUT2D eigenvalue weighted by Gasteiger charge is -2.27. The fourth-order valence-electron chi connectivity index (χ4n) is 1.98. The van der Waals surface area contributed by atoms with E-state index in [1.165, 1.54) is 12.1 Å². The lowest BCUT2D eigenvalue weighted by molar-refractivity contribution is 0.356. The molecule has 0 bridgehead atoms. The molecule has 0 aromatic heterocycles. The largest absolute Gasteiger partial charge is 0.310 e. The van der Waals surface area contributed by atoms with Gasteiger partial charge < -0.3 is 5.32 Å². The summed E-state index contributed by atoms with van der Waals surface area (Å²) in [5, 5.41) is 12.2. The number of hydrogen-bond acceptors (Lipinski definition) is 2. The fourth-order valence-corrected chi connectivity index (χ4v) is 1.98. The molecular weight excluding hydrogens is 191 g/mol. The van der Waals surface area contributed by atoms with E-state index in [1.807, 2.05) is 0 Å². The van der Waals surface area contributed by atoms with Gasteiger partial charge in [-0.2, -0.15) is 5.26 Å². The molecule has 1 heterocycles. The van der Waals surface area contributed by atoms with E-state index >= 15 is 0 Å². The zero-order chi connectivity index (χ0) is 10.7. The Morgan fingerprint density at radius 2 is 2.07 bits per heavy atom. The van der Waals surface area contributed by atoms with E-state index in [1.54, 1.807) is 12.1 Å². The number of nitriles is 1. The van der Waals surface area contributed by atoms with E-state index in [-0.39, 0.29) is 17.8 Å². The van der Waals surface area contributed by atoms with Gasteiger partial charge in [0.25, 0.3) is 0 Å². The first-order valence-electron chi connectivity index (χ1n) is 5.18. The molecule has 1 fully saturated rings. The van der Waals surface area contributed by atoms with Crippen molar-refractivity contribution >= 4 is 0 Å². The predicted molar refractivity (Wildman–Crippen MR) is 55.5 cm³/mol. The first kappa shape index (κ1) is 10.1. The van der Waals surface area contributed by atoms with Gasteiger partial charge in [-0.15, -0.1) is 0 Å². The lowest BCUT2D eigenvalue weighted by Crippen LogP contribution is -2.31. The third-order valence-corrected chi connectivity index (χ3v) is 2.86. The molecule has 0 radical (unpaired) electrons. The first-order chi connectivity index (χ1) is 7.29. The Morgan fingerprint density at radius 1 is 1.33 bits per heavy atom. The molecule has 2 nitrogen and oxygen atoms in total. The van der Waals surface area contributed by atoms with Crippen molar-refractivity contribution in [3.05, 3.63) is 35.6 Å². The van der Waals surface area contributed by atoms with Crippen LogP contribution >= 0.6 is 0 Å². The minimum atomic E-state index is -0.216. The molecule has 78 valence electrons. The van der Waals surface area contributed by atoms with Crippen molar-refractivity contribution in [1.29, 1.82) is 5.26 Å². The quantitative estimate of drug-likeness (QED) is 0.762. The van der Waals surface area contributed by atoms with E-state index in [9.17, 15) is 4.39 Å². The Bertz CT molecular complexity index is 366. The molecule has 1 saturated heterocycles. The minimum Gasteiger partial charge on any atom is -0.310 e. The van der Waals surface area contributed by atoms with E-state index < -0.39 is 0 Å². The van der Waals surface area contributed by atoms with Crippen LogP contribution < -0.4 is 5.32 Å². The first-order valence-corrected chi connectivity index (χ1v) is 5.18. The molecule has 2 unspecified atom stereocenters. The van der Waals surface area contributed by atoms with Gasteiger partial charge in [0.1, 0.15) is 5.82 Å². The highest BCUT2D eigenvalue weighted by molar-refractivity contribution is 5.21. The van der Waals surface area contributed by atoms with Crippen LogP contribution in [0.25, 0.3) is 0 Å². The van der Waals surface area contributed by atoms with Crippen LogP contribution in [0.5, 0.6) is 0 Å². The number of nitrogens with zero attached hydrogens (tertiary/aromatic N) is 1. The Hall–Kier alpha value is -1.40. The summed E-state index contributed by atoms with van der Waals surface area (Å²) >= 11 is 0. The Balaban J connectivity index is 2.10. The minimum absolute atomic E-state index is 0.126. The summed E-state index contributed by atoms with van der Waals surface area (Å²) in [5.74, 6) is -0.0901. The average molecular weight is 204 g/mol. The second-order valence-electron chi connectivity index (χ2n) is 3.91. The number of benzene rings is 1. The van der Waals surface area contributed by atoms with Crippen molar-refractivity contribution in [2.45, 2.75) is 18.9 Å². The lowest BCUT2D eigenvalue weighted by atomic mass is 9.90. The molecule has 0 saturated carbocycles. The van der Waals surface area contributed by atoms with Crippen molar-refractivity contribution in [1.82, 2.24) is 5.32 Å². The van der Waals surface area contributed by atoms with E-state index in [0.717, 1.165) is 24.9 Å². The molecule has 0 amide bonds. The molecule has 2 rings (SSSR count). The van der Waals surface area contributed by atoms with Crippen LogP contribution in [0.2, 0.25) is 0 Å². The maximum atomic E-state index is 12.7. The molecule has 15 heavy (non-hydrogen) atoms. The molecule has 2 atom stereocenters. The average Bonchev–Trinajstić information content (AvgIpc) is 2.30. The summed E-state index contributed by atoms with van der Waals surface area (Å²) in [7, 11) is 0. The summed E-state index contributed by atoms with van der Waals surface area (Å²) in [6.45, 7) is 0.861. The Morgan fingerprint density at radius 3 is 2.73 bits per heavy atom. The molecule has 0 spiro atoms. The predicted octanol–water partition coefficient (Wildman–Crippen LogP) is 2.39. The highest BCUT2D eigenvalue weighted by Crippen LogP contribution is 2.26. The third kappa shape index (κ3) is 2.34. The Labute approximate surface area is 88.7 Å². The molecule has 0 aliphatic carbocycles. The zero-order valence-corrected chi connectivity index (χ0v) is 8.41. The topological polar surface area (TPSA) is 35.8 Å². The summed E-state index contributed by atoms with van der Waals surface area (Å²) in [6.07, 6.45) is 1.73. The van der Waals surface area contributed by atoms with Crippen LogP contribution in [0.3, 0.4) is 0 Å². The van der Waals surface area contributed by atoms with Crippen molar-refractivity contribution in [3.63, 3.8) is 0 Å². The van der Waals surface area contributed by atoms with Crippen LogP contribution in [0.15, 0.2) is 24.3 Å². The van der Waals surface area contributed by atoms with Crippen molar-refractivity contribution in [2.75, 3.05) is 6.54 Å². The van der Waals surface area contributed by atoms with Gasteiger partial charge in [0.15, 0.2) is 0 Å². The molecule has 1 aromatic carbocycles. The molecule has 3 heteroatoms. The second-order valence-corrected chi connectivity index (χ2v) is 3.91. The third-order valence-electron chi connectivity index (χ3n) is 2.86. The smallest absolute Gasteiger partial charge is 0.123 e. The van der Waals surface area contributed by atoms with Gasteiger partial charge in [-0.1, -0.05) is 12.1 Å². The summed E-state index contributed by atoms with van der Waals surface area (Å²) < 4.78 is 12.7. The number of hydrogen-bond donors (Lipinski definition) is 1. The summed E-state index contributed by atoms with van der Waals surface area (Å²) in [4.78, 5) is 0. The van der Waals surface area contributed by atoms with Crippen LogP contribution in [0, 0.1) is 23.1 Å². The molecule has 1 aliphatic heterocycles. The monoisotopic (exact) mass is 204 g/mol. The van der Waals surface area contributed by atoms with Gasteiger partial charge in [-0.3, -0.25) is 0 Å². The molecule has 1 aromatic rings. The van der Waals surface area contributed by atoms with Crippen LogP contribution in [0.4, 0.5) is 4.39 Å².